The van der Waals surface area contributed by atoms with Gasteiger partial charge in [0.2, 0.25) is 5.91 Å². The fraction of sp³-hybridized carbons (Fsp3) is 0.200. The number of rotatable bonds is 3. The first-order valence-corrected chi connectivity index (χ1v) is 5.05. The molecule has 1 aromatic rings. The Morgan fingerprint density at radius 2 is 2.12 bits per heavy atom. The van der Waals surface area contributed by atoms with E-state index in [-0.39, 0.29) is 16.6 Å². The highest BCUT2D eigenvalue weighted by Gasteiger charge is 2.13. The van der Waals surface area contributed by atoms with E-state index in [1.54, 1.807) is 13.0 Å². The molecule has 1 N–H and O–H groups in total. The average molecular weight is 256 g/mol. The first-order valence-electron chi connectivity index (χ1n) is 4.67. The summed E-state index contributed by atoms with van der Waals surface area (Å²) in [6.07, 6.45) is 0. The number of nitrogens with zero attached hydrogens (tertiary/aromatic N) is 2. The Kier molecular flexibility index (Phi) is 4.17. The topological polar surface area (TPSA) is 84.6 Å². The molecule has 7 heteroatoms. The van der Waals surface area contributed by atoms with E-state index in [4.69, 9.17) is 11.6 Å². The monoisotopic (exact) mass is 255 g/mol. The van der Waals surface area contributed by atoms with Crippen LogP contribution in [0.3, 0.4) is 0 Å². The van der Waals surface area contributed by atoms with Crippen molar-refractivity contribution in [1.82, 2.24) is 5.43 Å². The minimum Gasteiger partial charge on any atom is -0.274 e. The maximum Gasteiger partial charge on any atom is 0.288 e. The van der Waals surface area contributed by atoms with Crippen LogP contribution >= 0.6 is 11.6 Å². The molecular weight excluding hydrogens is 246 g/mol. The third-order valence-corrected chi connectivity index (χ3v) is 2.26. The molecule has 0 aliphatic carbocycles. The third-order valence-electron chi connectivity index (χ3n) is 1.94. The SMILES string of the molecule is CC(=O)N/N=C(/C)c1ccc(Cl)c([N+](=O)[O-])c1. The molecule has 0 aromatic heterocycles. The Hall–Kier alpha value is -1.95. The summed E-state index contributed by atoms with van der Waals surface area (Å²) in [4.78, 5) is 20.8. The number of halogens is 1. The molecule has 0 atom stereocenters. The van der Waals surface area contributed by atoms with Gasteiger partial charge < -0.3 is 0 Å². The second kappa shape index (κ2) is 5.40. The molecule has 0 saturated heterocycles. The molecule has 6 nitrogen and oxygen atoms in total. The van der Waals surface area contributed by atoms with E-state index in [0.29, 0.717) is 11.3 Å². The lowest BCUT2D eigenvalue weighted by atomic mass is 10.1. The standard InChI is InChI=1S/C10H10ClN3O3/c1-6(12-13-7(2)15)8-3-4-9(11)10(5-8)14(16)17/h3-5H,1-2H3,(H,13,15)/b12-6-. The average Bonchev–Trinajstić information content (AvgIpc) is 2.26. The van der Waals surface area contributed by atoms with Crippen molar-refractivity contribution in [2.45, 2.75) is 13.8 Å². The molecule has 0 aliphatic rings. The van der Waals surface area contributed by atoms with Gasteiger partial charge in [0.05, 0.1) is 10.6 Å². The van der Waals surface area contributed by atoms with E-state index in [1.807, 2.05) is 0 Å². The number of nitro groups is 1. The molecule has 0 radical (unpaired) electrons. The highest BCUT2D eigenvalue weighted by molar-refractivity contribution is 6.32. The molecule has 1 amide bonds. The van der Waals surface area contributed by atoms with E-state index in [2.05, 4.69) is 10.5 Å². The Balaban J connectivity index is 3.07. The maximum atomic E-state index is 10.7. The number of carbonyl (C=O) groups excluding carboxylic acids is 1. The third kappa shape index (κ3) is 3.53. The first-order chi connectivity index (χ1) is 7.91. The minimum atomic E-state index is -0.572. The molecule has 0 aliphatic heterocycles. The van der Waals surface area contributed by atoms with Gasteiger partial charge in [0.15, 0.2) is 0 Å². The van der Waals surface area contributed by atoms with Gasteiger partial charge in [0.1, 0.15) is 5.02 Å². The fourth-order valence-electron chi connectivity index (χ4n) is 1.10. The van der Waals surface area contributed by atoms with Crippen molar-refractivity contribution < 1.29 is 9.72 Å². The summed E-state index contributed by atoms with van der Waals surface area (Å²) in [5.41, 5.74) is 3.04. The molecule has 1 rings (SSSR count). The highest BCUT2D eigenvalue weighted by atomic mass is 35.5. The predicted octanol–water partition coefficient (Wildman–Crippen LogP) is 2.11. The summed E-state index contributed by atoms with van der Waals surface area (Å²) in [5, 5.41) is 14.5. The second-order valence-corrected chi connectivity index (χ2v) is 3.70. The molecule has 0 spiro atoms. The number of amides is 1. The van der Waals surface area contributed by atoms with Gasteiger partial charge in [-0.25, -0.2) is 5.43 Å². The lowest BCUT2D eigenvalue weighted by molar-refractivity contribution is -0.384. The first kappa shape index (κ1) is 13.1. The van der Waals surface area contributed by atoms with Crippen molar-refractivity contribution in [2.24, 2.45) is 5.10 Å². The number of benzene rings is 1. The predicted molar refractivity (Wildman–Crippen MR) is 64.1 cm³/mol. The number of nitrogens with one attached hydrogen (secondary N) is 1. The van der Waals surface area contributed by atoms with E-state index in [0.717, 1.165) is 0 Å². The van der Waals surface area contributed by atoms with Crippen LogP contribution in [0.25, 0.3) is 0 Å². The Bertz CT molecular complexity index is 500. The van der Waals surface area contributed by atoms with Crippen molar-refractivity contribution in [3.05, 3.63) is 38.9 Å². The Labute approximate surface area is 102 Å². The van der Waals surface area contributed by atoms with Crippen molar-refractivity contribution in [1.29, 1.82) is 0 Å². The van der Waals surface area contributed by atoms with Crippen LogP contribution in [0, 0.1) is 10.1 Å². The van der Waals surface area contributed by atoms with Crippen molar-refractivity contribution in [3.63, 3.8) is 0 Å². The summed E-state index contributed by atoms with van der Waals surface area (Å²) in [6.45, 7) is 2.95. The normalized spacial score (nSPS) is 11.1. The molecule has 0 unspecified atom stereocenters. The molecule has 0 heterocycles. The molecule has 90 valence electrons. The van der Waals surface area contributed by atoms with Gasteiger partial charge in [-0.05, 0) is 13.0 Å². The smallest absolute Gasteiger partial charge is 0.274 e. The van der Waals surface area contributed by atoms with Crippen LogP contribution in [0.5, 0.6) is 0 Å². The number of hydrogen-bond donors (Lipinski definition) is 1. The summed E-state index contributed by atoms with van der Waals surface area (Å²) in [7, 11) is 0. The van der Waals surface area contributed by atoms with E-state index in [9.17, 15) is 14.9 Å². The zero-order valence-corrected chi connectivity index (χ0v) is 9.99. The largest absolute Gasteiger partial charge is 0.288 e. The van der Waals surface area contributed by atoms with Crippen molar-refractivity contribution in [3.8, 4) is 0 Å². The maximum absolute atomic E-state index is 10.7. The lowest BCUT2D eigenvalue weighted by Gasteiger charge is -2.02. The molecule has 17 heavy (non-hydrogen) atoms. The van der Waals surface area contributed by atoms with E-state index < -0.39 is 4.92 Å². The minimum absolute atomic E-state index is 0.0612. The number of nitro benzene ring substituents is 1. The molecule has 0 bridgehead atoms. The van der Waals surface area contributed by atoms with Crippen LogP contribution in [0.4, 0.5) is 5.69 Å². The van der Waals surface area contributed by atoms with Crippen LogP contribution < -0.4 is 5.43 Å². The van der Waals surface area contributed by atoms with E-state index in [1.165, 1.54) is 19.1 Å². The van der Waals surface area contributed by atoms with Gasteiger partial charge in [0.25, 0.3) is 5.69 Å². The van der Waals surface area contributed by atoms with Gasteiger partial charge >= 0.3 is 0 Å². The summed E-state index contributed by atoms with van der Waals surface area (Å²) in [6, 6.07) is 4.32. The zero-order valence-electron chi connectivity index (χ0n) is 9.23. The molecule has 0 fully saturated rings. The summed E-state index contributed by atoms with van der Waals surface area (Å²) >= 11 is 5.67. The fourth-order valence-corrected chi connectivity index (χ4v) is 1.29. The summed E-state index contributed by atoms with van der Waals surface area (Å²) < 4.78 is 0. The van der Waals surface area contributed by atoms with Crippen molar-refractivity contribution >= 4 is 28.9 Å². The Morgan fingerprint density at radius 3 is 2.65 bits per heavy atom. The zero-order chi connectivity index (χ0) is 13.0. The van der Waals surface area contributed by atoms with Gasteiger partial charge in [-0.1, -0.05) is 17.7 Å². The van der Waals surface area contributed by atoms with Gasteiger partial charge in [-0.2, -0.15) is 5.10 Å². The number of hydrazone groups is 1. The Morgan fingerprint density at radius 1 is 1.47 bits per heavy atom. The number of carbonyl (C=O) groups is 1. The van der Waals surface area contributed by atoms with Crippen LogP contribution in [-0.4, -0.2) is 16.5 Å². The van der Waals surface area contributed by atoms with Crippen LogP contribution in [0.2, 0.25) is 5.02 Å². The van der Waals surface area contributed by atoms with Crippen LogP contribution in [-0.2, 0) is 4.79 Å². The molecular formula is C10H10ClN3O3. The summed E-state index contributed by atoms with van der Waals surface area (Å²) in [5.74, 6) is -0.312. The molecule has 0 saturated carbocycles. The molecule has 1 aromatic carbocycles. The van der Waals surface area contributed by atoms with Gasteiger partial charge in [-0.15, -0.1) is 0 Å². The van der Waals surface area contributed by atoms with Crippen molar-refractivity contribution in [2.75, 3.05) is 0 Å². The highest BCUT2D eigenvalue weighted by Crippen LogP contribution is 2.25. The lowest BCUT2D eigenvalue weighted by Crippen LogP contribution is -2.15. The quantitative estimate of drug-likeness (QED) is 0.510. The number of hydrogen-bond acceptors (Lipinski definition) is 4. The van der Waals surface area contributed by atoms with Crippen LogP contribution in [0.15, 0.2) is 23.3 Å². The second-order valence-electron chi connectivity index (χ2n) is 3.29. The van der Waals surface area contributed by atoms with Gasteiger partial charge in [0, 0.05) is 18.6 Å². The van der Waals surface area contributed by atoms with Crippen LogP contribution in [0.1, 0.15) is 19.4 Å². The van der Waals surface area contributed by atoms with Gasteiger partial charge in [-0.3, -0.25) is 14.9 Å². The van der Waals surface area contributed by atoms with E-state index >= 15 is 0 Å².